The first kappa shape index (κ1) is 19.6. The summed E-state index contributed by atoms with van der Waals surface area (Å²) in [5.41, 5.74) is 1.80. The second-order valence-corrected chi connectivity index (χ2v) is 5.65. The summed E-state index contributed by atoms with van der Waals surface area (Å²) in [5.74, 6) is 2.22. The van der Waals surface area contributed by atoms with Crippen LogP contribution >= 0.6 is 0 Å². The summed E-state index contributed by atoms with van der Waals surface area (Å²) in [7, 11) is 0. The summed E-state index contributed by atoms with van der Waals surface area (Å²) in [6.07, 6.45) is 1.03. The van der Waals surface area contributed by atoms with Gasteiger partial charge in [-0.15, -0.1) is 0 Å². The van der Waals surface area contributed by atoms with Crippen molar-refractivity contribution in [1.82, 2.24) is 0 Å². The molecule has 0 aliphatic heterocycles. The third kappa shape index (κ3) is 5.99. The molecule has 0 unspecified atom stereocenters. The van der Waals surface area contributed by atoms with E-state index in [2.05, 4.69) is 5.32 Å². The fourth-order valence-electron chi connectivity index (χ4n) is 2.53. The van der Waals surface area contributed by atoms with Crippen molar-refractivity contribution in [1.29, 1.82) is 0 Å². The van der Waals surface area contributed by atoms with Crippen LogP contribution in [0.15, 0.2) is 42.5 Å². The largest absolute Gasteiger partial charge is 0.494 e. The molecule has 0 aromatic heterocycles. The summed E-state index contributed by atoms with van der Waals surface area (Å²) >= 11 is 0. The third-order valence-corrected chi connectivity index (χ3v) is 3.70. The van der Waals surface area contributed by atoms with Crippen LogP contribution < -0.4 is 19.5 Å². The highest BCUT2D eigenvalue weighted by molar-refractivity contribution is 5.90. The molecule has 26 heavy (non-hydrogen) atoms. The number of carbonyl (C=O) groups is 1. The standard InChI is InChI=1S/C21H27NO4/c1-4-24-18-11-9-17(10-12-18)22-21(23)14-8-16-7-13-19(25-5-2)20(15-16)26-6-3/h7,9-13,15H,4-6,8,14H2,1-3H3,(H,22,23). The van der Waals surface area contributed by atoms with Gasteiger partial charge in [-0.3, -0.25) is 4.79 Å². The van der Waals surface area contributed by atoms with Gasteiger partial charge >= 0.3 is 0 Å². The smallest absolute Gasteiger partial charge is 0.224 e. The number of rotatable bonds is 10. The highest BCUT2D eigenvalue weighted by Gasteiger charge is 2.08. The van der Waals surface area contributed by atoms with Crippen molar-refractivity contribution in [3.05, 3.63) is 48.0 Å². The van der Waals surface area contributed by atoms with Crippen LogP contribution in [-0.2, 0) is 11.2 Å². The molecule has 1 N–H and O–H groups in total. The van der Waals surface area contributed by atoms with Crippen LogP contribution in [0.3, 0.4) is 0 Å². The minimum Gasteiger partial charge on any atom is -0.494 e. The molecule has 1 amide bonds. The second-order valence-electron chi connectivity index (χ2n) is 5.65. The molecular formula is C21H27NO4. The lowest BCUT2D eigenvalue weighted by Gasteiger charge is -2.12. The van der Waals surface area contributed by atoms with Crippen LogP contribution in [0.1, 0.15) is 32.8 Å². The fourth-order valence-corrected chi connectivity index (χ4v) is 2.53. The molecule has 2 aromatic carbocycles. The Morgan fingerprint density at radius 3 is 2.15 bits per heavy atom. The normalized spacial score (nSPS) is 10.3. The van der Waals surface area contributed by atoms with Gasteiger partial charge < -0.3 is 19.5 Å². The molecule has 140 valence electrons. The zero-order chi connectivity index (χ0) is 18.8. The molecule has 0 aliphatic rings. The fraction of sp³-hybridized carbons (Fsp3) is 0.381. The molecule has 0 atom stereocenters. The Labute approximate surface area is 155 Å². The van der Waals surface area contributed by atoms with Gasteiger partial charge in [0.1, 0.15) is 5.75 Å². The molecule has 2 rings (SSSR count). The summed E-state index contributed by atoms with van der Waals surface area (Å²) < 4.78 is 16.6. The van der Waals surface area contributed by atoms with Gasteiger partial charge in [-0.25, -0.2) is 0 Å². The number of aryl methyl sites for hydroxylation is 1. The van der Waals surface area contributed by atoms with E-state index in [1.807, 2.05) is 63.2 Å². The zero-order valence-electron chi connectivity index (χ0n) is 15.7. The molecule has 0 saturated heterocycles. The van der Waals surface area contributed by atoms with Crippen molar-refractivity contribution in [2.45, 2.75) is 33.6 Å². The average Bonchev–Trinajstić information content (AvgIpc) is 2.64. The first-order chi connectivity index (χ1) is 12.7. The number of anilines is 1. The Hall–Kier alpha value is -2.69. The molecule has 0 spiro atoms. The predicted molar refractivity (Wildman–Crippen MR) is 103 cm³/mol. The van der Waals surface area contributed by atoms with Gasteiger partial charge in [0.05, 0.1) is 19.8 Å². The van der Waals surface area contributed by atoms with E-state index in [1.54, 1.807) is 0 Å². The van der Waals surface area contributed by atoms with Crippen LogP contribution in [-0.4, -0.2) is 25.7 Å². The van der Waals surface area contributed by atoms with Gasteiger partial charge in [0.2, 0.25) is 5.91 Å². The molecule has 0 heterocycles. The molecule has 0 radical (unpaired) electrons. The lowest BCUT2D eigenvalue weighted by atomic mass is 10.1. The van der Waals surface area contributed by atoms with Crippen molar-refractivity contribution < 1.29 is 19.0 Å². The zero-order valence-corrected chi connectivity index (χ0v) is 15.7. The quantitative estimate of drug-likeness (QED) is 0.682. The van der Waals surface area contributed by atoms with E-state index in [9.17, 15) is 4.79 Å². The van der Waals surface area contributed by atoms with Crippen molar-refractivity contribution >= 4 is 11.6 Å². The van der Waals surface area contributed by atoms with Gasteiger partial charge in [-0.05, 0) is 69.2 Å². The van der Waals surface area contributed by atoms with Gasteiger partial charge in [0, 0.05) is 12.1 Å². The number of nitrogens with one attached hydrogen (secondary N) is 1. The van der Waals surface area contributed by atoms with E-state index in [4.69, 9.17) is 14.2 Å². The van der Waals surface area contributed by atoms with E-state index in [0.717, 1.165) is 28.5 Å². The van der Waals surface area contributed by atoms with E-state index in [1.165, 1.54) is 0 Å². The van der Waals surface area contributed by atoms with Crippen LogP contribution in [0.4, 0.5) is 5.69 Å². The number of hydrogen-bond donors (Lipinski definition) is 1. The molecule has 0 aliphatic carbocycles. The number of benzene rings is 2. The van der Waals surface area contributed by atoms with E-state index in [0.29, 0.717) is 32.7 Å². The van der Waals surface area contributed by atoms with Gasteiger partial charge in [-0.1, -0.05) is 6.07 Å². The molecular weight excluding hydrogens is 330 g/mol. The summed E-state index contributed by atoms with van der Waals surface area (Å²) in [5, 5.41) is 2.90. The van der Waals surface area contributed by atoms with Crippen LogP contribution in [0, 0.1) is 0 Å². The lowest BCUT2D eigenvalue weighted by Crippen LogP contribution is -2.12. The molecule has 5 heteroatoms. The Morgan fingerprint density at radius 2 is 1.50 bits per heavy atom. The maximum atomic E-state index is 12.2. The lowest BCUT2D eigenvalue weighted by molar-refractivity contribution is -0.116. The minimum atomic E-state index is -0.0268. The summed E-state index contributed by atoms with van der Waals surface area (Å²) in [6, 6.07) is 13.2. The third-order valence-electron chi connectivity index (χ3n) is 3.70. The highest BCUT2D eigenvalue weighted by atomic mass is 16.5. The van der Waals surface area contributed by atoms with E-state index >= 15 is 0 Å². The number of ether oxygens (including phenoxy) is 3. The van der Waals surface area contributed by atoms with Crippen molar-refractivity contribution in [3.8, 4) is 17.2 Å². The minimum absolute atomic E-state index is 0.0268. The monoisotopic (exact) mass is 357 g/mol. The number of hydrogen-bond acceptors (Lipinski definition) is 4. The maximum Gasteiger partial charge on any atom is 0.224 e. The Morgan fingerprint density at radius 1 is 0.846 bits per heavy atom. The molecule has 0 bridgehead atoms. The Kier molecular flexibility index (Phi) is 7.80. The average molecular weight is 357 g/mol. The summed E-state index contributed by atoms with van der Waals surface area (Å²) in [6.45, 7) is 7.60. The number of amides is 1. The van der Waals surface area contributed by atoms with Crippen LogP contribution in [0.2, 0.25) is 0 Å². The molecule has 0 fully saturated rings. The van der Waals surface area contributed by atoms with Gasteiger partial charge in [0.15, 0.2) is 11.5 Å². The molecule has 2 aromatic rings. The van der Waals surface area contributed by atoms with Crippen molar-refractivity contribution in [2.24, 2.45) is 0 Å². The summed E-state index contributed by atoms with van der Waals surface area (Å²) in [4.78, 5) is 12.2. The van der Waals surface area contributed by atoms with E-state index in [-0.39, 0.29) is 5.91 Å². The molecule has 0 saturated carbocycles. The topological polar surface area (TPSA) is 56.8 Å². The van der Waals surface area contributed by atoms with Gasteiger partial charge in [0.25, 0.3) is 0 Å². The highest BCUT2D eigenvalue weighted by Crippen LogP contribution is 2.29. The van der Waals surface area contributed by atoms with Crippen LogP contribution in [0.5, 0.6) is 17.2 Å². The van der Waals surface area contributed by atoms with Gasteiger partial charge in [-0.2, -0.15) is 0 Å². The number of carbonyl (C=O) groups excluding carboxylic acids is 1. The predicted octanol–water partition coefficient (Wildman–Crippen LogP) is 4.45. The molecule has 5 nitrogen and oxygen atoms in total. The Bertz CT molecular complexity index is 698. The van der Waals surface area contributed by atoms with Crippen molar-refractivity contribution in [2.75, 3.05) is 25.1 Å². The SMILES string of the molecule is CCOc1ccc(NC(=O)CCc2ccc(OCC)c(OCC)c2)cc1. The van der Waals surface area contributed by atoms with Crippen LogP contribution in [0.25, 0.3) is 0 Å². The van der Waals surface area contributed by atoms with Crippen molar-refractivity contribution in [3.63, 3.8) is 0 Å². The van der Waals surface area contributed by atoms with E-state index < -0.39 is 0 Å². The first-order valence-corrected chi connectivity index (χ1v) is 9.07. The first-order valence-electron chi connectivity index (χ1n) is 9.07. The second kappa shape index (κ2) is 10.3. The maximum absolute atomic E-state index is 12.2. The Balaban J connectivity index is 1.90.